The van der Waals surface area contributed by atoms with Gasteiger partial charge in [-0.2, -0.15) is 0 Å². The molecule has 0 bridgehead atoms. The average molecular weight is 270 g/mol. The number of rotatable bonds is 3. The number of hydrogen-bond acceptors (Lipinski definition) is 6. The van der Waals surface area contributed by atoms with Crippen LogP contribution in [0.2, 0.25) is 0 Å². The molecular formula is C11H18N4O2S. The second kappa shape index (κ2) is 5.53. The van der Waals surface area contributed by atoms with Gasteiger partial charge in [0.2, 0.25) is 0 Å². The number of piperidine rings is 1. The largest absolute Gasteiger partial charge is 0.393 e. The van der Waals surface area contributed by atoms with Crippen molar-refractivity contribution < 1.29 is 9.90 Å². The number of aliphatic hydroxyl groups is 1. The highest BCUT2D eigenvalue weighted by Gasteiger charge is 2.25. The van der Waals surface area contributed by atoms with Crippen LogP contribution in [0.4, 0.5) is 10.9 Å². The number of aliphatic hydroxyl groups excluding tert-OH is 1. The van der Waals surface area contributed by atoms with E-state index in [0.717, 1.165) is 6.54 Å². The molecule has 0 aliphatic carbocycles. The number of likely N-dealkylation sites (tertiary alicyclic amines) is 1. The van der Waals surface area contributed by atoms with E-state index in [-0.39, 0.29) is 17.8 Å². The standard InChI is InChI=1S/C11H18N4O2S/c1-2-13-11-14-9(12)8(18-11)10(17)15-5-3-7(16)4-6-15/h7,16H,2-6,12H2,1H3,(H,13,14). The van der Waals surface area contributed by atoms with E-state index in [9.17, 15) is 9.90 Å². The summed E-state index contributed by atoms with van der Waals surface area (Å²) in [6.45, 7) is 3.86. The first-order valence-corrected chi connectivity index (χ1v) is 6.91. The molecule has 100 valence electrons. The Bertz CT molecular complexity index is 427. The molecule has 0 unspecified atom stereocenters. The monoisotopic (exact) mass is 270 g/mol. The normalized spacial score (nSPS) is 16.9. The molecule has 7 heteroatoms. The predicted octanol–water partition coefficient (Wildman–Crippen LogP) is 0.754. The number of hydrogen-bond donors (Lipinski definition) is 3. The molecule has 2 heterocycles. The van der Waals surface area contributed by atoms with Crippen LogP contribution in [0.5, 0.6) is 0 Å². The summed E-state index contributed by atoms with van der Waals surface area (Å²) < 4.78 is 0. The lowest BCUT2D eigenvalue weighted by Crippen LogP contribution is -2.39. The van der Waals surface area contributed by atoms with E-state index in [0.29, 0.717) is 35.9 Å². The lowest BCUT2D eigenvalue weighted by molar-refractivity contribution is 0.0551. The van der Waals surface area contributed by atoms with E-state index in [1.165, 1.54) is 11.3 Å². The van der Waals surface area contributed by atoms with Gasteiger partial charge < -0.3 is 21.1 Å². The highest BCUT2D eigenvalue weighted by Crippen LogP contribution is 2.27. The molecule has 1 saturated heterocycles. The number of nitrogens with zero attached hydrogens (tertiary/aromatic N) is 2. The molecule has 1 aromatic rings. The van der Waals surface area contributed by atoms with Gasteiger partial charge in [0.25, 0.3) is 5.91 Å². The van der Waals surface area contributed by atoms with Gasteiger partial charge in [-0.25, -0.2) is 4.98 Å². The summed E-state index contributed by atoms with van der Waals surface area (Å²) in [7, 11) is 0. The molecule has 4 N–H and O–H groups in total. The van der Waals surface area contributed by atoms with Gasteiger partial charge in [-0.3, -0.25) is 4.79 Å². The first-order valence-electron chi connectivity index (χ1n) is 6.09. The number of aromatic nitrogens is 1. The maximum absolute atomic E-state index is 12.3. The Morgan fingerprint density at radius 2 is 2.28 bits per heavy atom. The van der Waals surface area contributed by atoms with E-state index >= 15 is 0 Å². The van der Waals surface area contributed by atoms with Crippen LogP contribution in [0.1, 0.15) is 29.4 Å². The molecule has 6 nitrogen and oxygen atoms in total. The molecule has 1 fully saturated rings. The fourth-order valence-corrected chi connectivity index (χ4v) is 2.85. The Morgan fingerprint density at radius 1 is 1.61 bits per heavy atom. The highest BCUT2D eigenvalue weighted by molar-refractivity contribution is 7.18. The van der Waals surface area contributed by atoms with Gasteiger partial charge in [-0.15, -0.1) is 0 Å². The molecule has 0 atom stereocenters. The number of nitrogens with two attached hydrogens (primary N) is 1. The van der Waals surface area contributed by atoms with E-state index in [1.807, 2.05) is 6.92 Å². The van der Waals surface area contributed by atoms with Crippen LogP contribution < -0.4 is 11.1 Å². The van der Waals surface area contributed by atoms with Crippen LogP contribution in [0, 0.1) is 0 Å². The molecule has 1 aliphatic heterocycles. The minimum atomic E-state index is -0.287. The maximum atomic E-state index is 12.3. The number of nitrogen functional groups attached to an aromatic ring is 1. The number of nitrogens with one attached hydrogen (secondary N) is 1. The molecule has 1 amide bonds. The van der Waals surface area contributed by atoms with Crippen molar-refractivity contribution in [3.05, 3.63) is 4.88 Å². The molecule has 0 radical (unpaired) electrons. The van der Waals surface area contributed by atoms with Crippen LogP contribution in [0.15, 0.2) is 0 Å². The van der Waals surface area contributed by atoms with E-state index in [2.05, 4.69) is 10.3 Å². The molecule has 1 aliphatic rings. The summed E-state index contributed by atoms with van der Waals surface area (Å²) >= 11 is 1.29. The molecule has 0 saturated carbocycles. The average Bonchev–Trinajstić information content (AvgIpc) is 2.71. The Balaban J connectivity index is 2.08. The Hall–Kier alpha value is -1.34. The summed E-state index contributed by atoms with van der Waals surface area (Å²) in [5.74, 6) is 0.202. The van der Waals surface area contributed by atoms with E-state index in [1.54, 1.807) is 4.90 Å². The quantitative estimate of drug-likeness (QED) is 0.754. The predicted molar refractivity (Wildman–Crippen MR) is 71.8 cm³/mol. The first-order chi connectivity index (χ1) is 8.61. The van der Waals surface area contributed by atoms with Gasteiger partial charge in [-0.05, 0) is 19.8 Å². The van der Waals surface area contributed by atoms with Gasteiger partial charge >= 0.3 is 0 Å². The minimum absolute atomic E-state index is 0.0824. The van der Waals surface area contributed by atoms with Crippen molar-refractivity contribution in [2.24, 2.45) is 0 Å². The van der Waals surface area contributed by atoms with Crippen molar-refractivity contribution in [1.82, 2.24) is 9.88 Å². The number of thiazole rings is 1. The fourth-order valence-electron chi connectivity index (χ4n) is 1.92. The molecular weight excluding hydrogens is 252 g/mol. The number of carbonyl (C=O) groups excluding carboxylic acids is 1. The van der Waals surface area contributed by atoms with Crippen LogP contribution in [-0.4, -0.2) is 46.6 Å². The summed E-state index contributed by atoms with van der Waals surface area (Å²) in [6.07, 6.45) is 0.972. The number of amides is 1. The van der Waals surface area contributed by atoms with Gasteiger partial charge in [0.05, 0.1) is 6.10 Å². The molecule has 0 aromatic carbocycles. The zero-order chi connectivity index (χ0) is 13.1. The van der Waals surface area contributed by atoms with Crippen molar-refractivity contribution >= 4 is 28.2 Å². The van der Waals surface area contributed by atoms with Gasteiger partial charge in [0, 0.05) is 19.6 Å². The fraction of sp³-hybridized carbons (Fsp3) is 0.636. The second-order valence-corrected chi connectivity index (χ2v) is 5.29. The van der Waals surface area contributed by atoms with Crippen molar-refractivity contribution in [3.63, 3.8) is 0 Å². The van der Waals surface area contributed by atoms with Gasteiger partial charge in [0.15, 0.2) is 5.13 Å². The molecule has 2 rings (SSSR count). The summed E-state index contributed by atoms with van der Waals surface area (Å²) in [6, 6.07) is 0. The second-order valence-electron chi connectivity index (χ2n) is 4.29. The molecule has 18 heavy (non-hydrogen) atoms. The van der Waals surface area contributed by atoms with Crippen molar-refractivity contribution in [2.45, 2.75) is 25.9 Å². The summed E-state index contributed by atoms with van der Waals surface area (Å²) in [5, 5.41) is 13.2. The zero-order valence-corrected chi connectivity index (χ0v) is 11.2. The Labute approximate surface area is 110 Å². The Kier molecular flexibility index (Phi) is 4.03. The SMILES string of the molecule is CCNc1nc(N)c(C(=O)N2CCC(O)CC2)s1. The summed E-state index contributed by atoms with van der Waals surface area (Å²) in [5.41, 5.74) is 5.77. The number of anilines is 2. The number of carbonyl (C=O) groups is 1. The van der Waals surface area contributed by atoms with Crippen molar-refractivity contribution in [1.29, 1.82) is 0 Å². The van der Waals surface area contributed by atoms with Crippen LogP contribution in [-0.2, 0) is 0 Å². The smallest absolute Gasteiger partial charge is 0.267 e. The topological polar surface area (TPSA) is 91.5 Å². The highest BCUT2D eigenvalue weighted by atomic mass is 32.1. The van der Waals surface area contributed by atoms with Gasteiger partial charge in [0.1, 0.15) is 10.7 Å². The zero-order valence-electron chi connectivity index (χ0n) is 10.3. The maximum Gasteiger partial charge on any atom is 0.267 e. The lowest BCUT2D eigenvalue weighted by Gasteiger charge is -2.29. The molecule has 0 spiro atoms. The third-order valence-corrected chi connectivity index (χ3v) is 3.94. The van der Waals surface area contributed by atoms with Crippen molar-refractivity contribution in [3.8, 4) is 0 Å². The lowest BCUT2D eigenvalue weighted by atomic mass is 10.1. The minimum Gasteiger partial charge on any atom is -0.393 e. The molecule has 1 aromatic heterocycles. The third kappa shape index (κ3) is 2.73. The van der Waals surface area contributed by atoms with E-state index in [4.69, 9.17) is 5.73 Å². The van der Waals surface area contributed by atoms with Gasteiger partial charge in [-0.1, -0.05) is 11.3 Å². The summed E-state index contributed by atoms with van der Waals surface area (Å²) in [4.78, 5) is 18.6. The van der Waals surface area contributed by atoms with Crippen molar-refractivity contribution in [2.75, 3.05) is 30.7 Å². The van der Waals surface area contributed by atoms with Crippen LogP contribution in [0.25, 0.3) is 0 Å². The first kappa shape index (κ1) is 13.1. The van der Waals surface area contributed by atoms with Crippen LogP contribution in [0.3, 0.4) is 0 Å². The Morgan fingerprint density at radius 3 is 2.89 bits per heavy atom. The van der Waals surface area contributed by atoms with E-state index < -0.39 is 0 Å². The van der Waals surface area contributed by atoms with Crippen LogP contribution >= 0.6 is 11.3 Å². The third-order valence-electron chi connectivity index (χ3n) is 2.93.